The van der Waals surface area contributed by atoms with E-state index in [2.05, 4.69) is 0 Å². The van der Waals surface area contributed by atoms with Crippen LogP contribution in [0.4, 0.5) is 4.39 Å². The number of aryl methyl sites for hydroxylation is 1. The summed E-state index contributed by atoms with van der Waals surface area (Å²) in [5, 5.41) is 8.90. The van der Waals surface area contributed by atoms with Crippen molar-refractivity contribution >= 4 is 5.97 Å². The van der Waals surface area contributed by atoms with Crippen LogP contribution in [-0.4, -0.2) is 20.2 Å². The molecule has 1 aromatic heterocycles. The van der Waals surface area contributed by atoms with Crippen LogP contribution in [0.3, 0.4) is 0 Å². The van der Waals surface area contributed by atoms with E-state index in [9.17, 15) is 14.0 Å². The molecule has 5 nitrogen and oxygen atoms in total. The van der Waals surface area contributed by atoms with Crippen LogP contribution in [0.5, 0.6) is 0 Å². The summed E-state index contributed by atoms with van der Waals surface area (Å²) < 4.78 is 16.6. The molecule has 106 valence electrons. The van der Waals surface area contributed by atoms with Crippen molar-refractivity contribution in [3.8, 4) is 0 Å². The maximum absolute atomic E-state index is 13.7. The molecule has 0 fully saturated rings. The van der Waals surface area contributed by atoms with Gasteiger partial charge in [0.05, 0.1) is 12.1 Å². The Bertz CT molecular complexity index is 688. The van der Waals surface area contributed by atoms with Crippen molar-refractivity contribution in [3.05, 3.63) is 58.0 Å². The van der Waals surface area contributed by atoms with Gasteiger partial charge in [-0.25, -0.2) is 14.0 Å². The van der Waals surface area contributed by atoms with Crippen molar-refractivity contribution in [2.24, 2.45) is 0 Å². The van der Waals surface area contributed by atoms with E-state index in [0.29, 0.717) is 6.54 Å². The summed E-state index contributed by atoms with van der Waals surface area (Å²) in [5.74, 6) is -1.65. The van der Waals surface area contributed by atoms with Crippen molar-refractivity contribution in [1.29, 1.82) is 0 Å². The fourth-order valence-electron chi connectivity index (χ4n) is 2.00. The molecule has 1 aromatic carbocycles. The van der Waals surface area contributed by atoms with Gasteiger partial charge >= 0.3 is 11.7 Å². The first kappa shape index (κ1) is 14.0. The number of carboxylic acid groups (broad SMARTS) is 1. The summed E-state index contributed by atoms with van der Waals surface area (Å²) in [6.07, 6.45) is 4.04. The van der Waals surface area contributed by atoms with E-state index in [4.69, 9.17) is 5.11 Å². The highest BCUT2D eigenvalue weighted by atomic mass is 19.1. The molecular formula is C14H15FN2O3. The summed E-state index contributed by atoms with van der Waals surface area (Å²) in [6, 6.07) is 3.56. The van der Waals surface area contributed by atoms with Crippen LogP contribution in [0, 0.1) is 5.82 Å². The SMILES string of the molecule is CCCn1ccn(Cc2cc(C(=O)O)ccc2F)c1=O. The topological polar surface area (TPSA) is 64.2 Å². The number of aromatic nitrogens is 2. The number of carboxylic acids is 1. The Morgan fingerprint density at radius 3 is 2.65 bits per heavy atom. The molecule has 6 heteroatoms. The monoisotopic (exact) mass is 278 g/mol. The number of rotatable bonds is 5. The zero-order valence-electron chi connectivity index (χ0n) is 11.0. The second-order valence-electron chi connectivity index (χ2n) is 4.51. The van der Waals surface area contributed by atoms with E-state index in [-0.39, 0.29) is 23.4 Å². The molecule has 20 heavy (non-hydrogen) atoms. The fraction of sp³-hybridized carbons (Fsp3) is 0.286. The molecule has 0 amide bonds. The number of carbonyl (C=O) groups is 1. The molecule has 2 aromatic rings. The van der Waals surface area contributed by atoms with Crippen molar-refractivity contribution in [3.63, 3.8) is 0 Å². The van der Waals surface area contributed by atoms with E-state index < -0.39 is 11.8 Å². The second-order valence-corrected chi connectivity index (χ2v) is 4.51. The predicted molar refractivity (Wildman–Crippen MR) is 71.4 cm³/mol. The molecule has 0 aliphatic heterocycles. The van der Waals surface area contributed by atoms with Gasteiger partial charge in [0.25, 0.3) is 0 Å². The van der Waals surface area contributed by atoms with Gasteiger partial charge in [-0.1, -0.05) is 6.92 Å². The minimum atomic E-state index is -1.12. The first-order valence-corrected chi connectivity index (χ1v) is 6.30. The van der Waals surface area contributed by atoms with Gasteiger partial charge in [-0.3, -0.25) is 9.13 Å². The fourth-order valence-corrected chi connectivity index (χ4v) is 2.00. The van der Waals surface area contributed by atoms with Crippen molar-refractivity contribution in [1.82, 2.24) is 9.13 Å². The van der Waals surface area contributed by atoms with Crippen LogP contribution in [-0.2, 0) is 13.1 Å². The Balaban J connectivity index is 2.32. The Kier molecular flexibility index (Phi) is 4.02. The van der Waals surface area contributed by atoms with Crippen LogP contribution in [0.15, 0.2) is 35.4 Å². The third-order valence-corrected chi connectivity index (χ3v) is 3.02. The van der Waals surface area contributed by atoms with Gasteiger partial charge in [0.15, 0.2) is 0 Å². The highest BCUT2D eigenvalue weighted by Gasteiger charge is 2.10. The second kappa shape index (κ2) is 5.73. The van der Waals surface area contributed by atoms with Crippen LogP contribution < -0.4 is 5.69 Å². The number of hydrogen-bond donors (Lipinski definition) is 1. The molecule has 0 radical (unpaired) electrons. The molecule has 0 saturated carbocycles. The number of aromatic carboxylic acids is 1. The first-order chi connectivity index (χ1) is 9.52. The molecule has 0 bridgehead atoms. The first-order valence-electron chi connectivity index (χ1n) is 6.30. The Morgan fingerprint density at radius 1 is 1.30 bits per heavy atom. The maximum Gasteiger partial charge on any atom is 0.335 e. The van der Waals surface area contributed by atoms with Crippen molar-refractivity contribution in [2.75, 3.05) is 0 Å². The van der Waals surface area contributed by atoms with E-state index in [0.717, 1.165) is 12.5 Å². The van der Waals surface area contributed by atoms with Crippen LogP contribution in [0.1, 0.15) is 29.3 Å². The van der Waals surface area contributed by atoms with E-state index in [1.807, 2.05) is 6.92 Å². The van der Waals surface area contributed by atoms with Gasteiger partial charge in [-0.05, 0) is 24.6 Å². The van der Waals surface area contributed by atoms with E-state index >= 15 is 0 Å². The molecule has 0 atom stereocenters. The average molecular weight is 278 g/mol. The molecular weight excluding hydrogens is 263 g/mol. The van der Waals surface area contributed by atoms with Gasteiger partial charge in [0, 0.05) is 24.5 Å². The van der Waals surface area contributed by atoms with Crippen molar-refractivity contribution in [2.45, 2.75) is 26.4 Å². The molecule has 2 rings (SSSR count). The highest BCUT2D eigenvalue weighted by molar-refractivity contribution is 5.87. The number of hydrogen-bond acceptors (Lipinski definition) is 2. The van der Waals surface area contributed by atoms with Crippen LogP contribution in [0.2, 0.25) is 0 Å². The molecule has 0 aliphatic rings. The smallest absolute Gasteiger partial charge is 0.335 e. The van der Waals surface area contributed by atoms with Crippen LogP contribution in [0.25, 0.3) is 0 Å². The normalized spacial score (nSPS) is 10.7. The minimum Gasteiger partial charge on any atom is -0.478 e. The zero-order valence-corrected chi connectivity index (χ0v) is 11.0. The third kappa shape index (κ3) is 2.79. The van der Waals surface area contributed by atoms with Gasteiger partial charge in [0.2, 0.25) is 0 Å². The van der Waals surface area contributed by atoms with Crippen molar-refractivity contribution < 1.29 is 14.3 Å². The van der Waals surface area contributed by atoms with Gasteiger partial charge < -0.3 is 5.11 Å². The standard InChI is InChI=1S/C14H15FN2O3/c1-2-5-16-6-7-17(14(16)20)9-11-8-10(13(18)19)3-4-12(11)15/h3-4,6-8H,2,5,9H2,1H3,(H,18,19). The quantitative estimate of drug-likeness (QED) is 0.909. The summed E-state index contributed by atoms with van der Waals surface area (Å²) in [7, 11) is 0. The molecule has 1 heterocycles. The Hall–Kier alpha value is -2.37. The number of benzene rings is 1. The summed E-state index contributed by atoms with van der Waals surface area (Å²) in [5.41, 5.74) is -0.0457. The number of imidazole rings is 1. The molecule has 0 spiro atoms. The summed E-state index contributed by atoms with van der Waals surface area (Å²) >= 11 is 0. The van der Waals surface area contributed by atoms with E-state index in [1.54, 1.807) is 17.0 Å². The molecule has 1 N–H and O–H groups in total. The maximum atomic E-state index is 13.7. The Labute approximate surface area is 114 Å². The zero-order chi connectivity index (χ0) is 14.7. The third-order valence-electron chi connectivity index (χ3n) is 3.02. The lowest BCUT2D eigenvalue weighted by Gasteiger charge is -2.05. The lowest BCUT2D eigenvalue weighted by atomic mass is 10.1. The van der Waals surface area contributed by atoms with Gasteiger partial charge in [0.1, 0.15) is 5.82 Å². The number of nitrogens with zero attached hydrogens (tertiary/aromatic N) is 2. The predicted octanol–water partition coefficient (Wildman–Crippen LogP) is 1.95. The average Bonchev–Trinajstić information content (AvgIpc) is 2.74. The number of halogens is 1. The van der Waals surface area contributed by atoms with Gasteiger partial charge in [-0.15, -0.1) is 0 Å². The molecule has 0 unspecified atom stereocenters. The lowest BCUT2D eigenvalue weighted by Crippen LogP contribution is -2.24. The van der Waals surface area contributed by atoms with E-state index in [1.165, 1.54) is 16.7 Å². The highest BCUT2D eigenvalue weighted by Crippen LogP contribution is 2.12. The Morgan fingerprint density at radius 2 is 2.00 bits per heavy atom. The minimum absolute atomic E-state index is 0.00226. The molecule has 0 aliphatic carbocycles. The lowest BCUT2D eigenvalue weighted by molar-refractivity contribution is 0.0696. The van der Waals surface area contributed by atoms with Crippen LogP contribution >= 0.6 is 0 Å². The summed E-state index contributed by atoms with van der Waals surface area (Å²) in [6.45, 7) is 2.58. The van der Waals surface area contributed by atoms with Gasteiger partial charge in [-0.2, -0.15) is 0 Å². The largest absolute Gasteiger partial charge is 0.478 e. The molecule has 0 saturated heterocycles. The summed E-state index contributed by atoms with van der Waals surface area (Å²) in [4.78, 5) is 22.9.